The lowest BCUT2D eigenvalue weighted by Crippen LogP contribution is -2.27. The lowest BCUT2D eigenvalue weighted by Gasteiger charge is -2.28. The van der Waals surface area contributed by atoms with Gasteiger partial charge in [0, 0.05) is 17.2 Å². The Balaban J connectivity index is 2.12. The van der Waals surface area contributed by atoms with Gasteiger partial charge in [-0.25, -0.2) is 4.98 Å². The monoisotopic (exact) mass is 293 g/mol. The van der Waals surface area contributed by atoms with Crippen molar-refractivity contribution < 1.29 is 9.15 Å². The van der Waals surface area contributed by atoms with E-state index < -0.39 is 0 Å². The summed E-state index contributed by atoms with van der Waals surface area (Å²) in [5.74, 6) is 1.70. The van der Waals surface area contributed by atoms with Crippen LogP contribution in [0.15, 0.2) is 34.8 Å². The van der Waals surface area contributed by atoms with E-state index in [0.717, 1.165) is 51.9 Å². The van der Waals surface area contributed by atoms with Gasteiger partial charge in [0.05, 0.1) is 5.56 Å². The number of rotatable bonds is 2. The number of benzene rings is 2. The maximum absolute atomic E-state index is 6.24. The summed E-state index contributed by atoms with van der Waals surface area (Å²) in [6, 6.07) is 8.25. The molecule has 0 N–H and O–H groups in total. The Morgan fingerprint density at radius 2 is 1.91 bits per heavy atom. The van der Waals surface area contributed by atoms with Gasteiger partial charge < -0.3 is 9.15 Å². The van der Waals surface area contributed by atoms with Crippen LogP contribution in [0.1, 0.15) is 38.6 Å². The number of nitrogens with zero attached hydrogens (tertiary/aromatic N) is 1. The van der Waals surface area contributed by atoms with Crippen LogP contribution < -0.4 is 4.74 Å². The van der Waals surface area contributed by atoms with Crippen LogP contribution in [-0.4, -0.2) is 10.6 Å². The van der Waals surface area contributed by atoms with Crippen LogP contribution in [0.5, 0.6) is 5.75 Å². The molecular weight excluding hydrogens is 274 g/mol. The first kappa shape index (κ1) is 13.4. The summed E-state index contributed by atoms with van der Waals surface area (Å²) in [4.78, 5) is 4.72. The number of hydrogen-bond acceptors (Lipinski definition) is 3. The van der Waals surface area contributed by atoms with Crippen molar-refractivity contribution in [1.82, 2.24) is 4.98 Å². The van der Waals surface area contributed by atoms with Crippen molar-refractivity contribution in [3.05, 3.63) is 41.8 Å². The quantitative estimate of drug-likeness (QED) is 0.658. The minimum atomic E-state index is -0.310. The normalized spacial score (nSPS) is 16.0. The summed E-state index contributed by atoms with van der Waals surface area (Å²) in [6.45, 7) is 6.26. The van der Waals surface area contributed by atoms with E-state index in [2.05, 4.69) is 45.1 Å². The summed E-state index contributed by atoms with van der Waals surface area (Å²) in [5, 5.41) is 2.19. The predicted molar refractivity (Wildman–Crippen MR) is 89.3 cm³/mol. The first-order valence-electron chi connectivity index (χ1n) is 7.81. The number of aryl methyl sites for hydroxylation is 1. The number of aromatic nitrogens is 1. The topological polar surface area (TPSA) is 35.3 Å². The van der Waals surface area contributed by atoms with E-state index in [0.29, 0.717) is 0 Å². The smallest absolute Gasteiger partial charge is 0.195 e. The molecule has 0 unspecified atom stereocenters. The van der Waals surface area contributed by atoms with E-state index in [1.54, 1.807) is 0 Å². The molecule has 3 heteroatoms. The number of oxazole rings is 1. The van der Waals surface area contributed by atoms with Gasteiger partial charge in [-0.3, -0.25) is 0 Å². The van der Waals surface area contributed by atoms with Gasteiger partial charge in [-0.15, -0.1) is 0 Å². The lowest BCUT2D eigenvalue weighted by atomic mass is 9.97. The fourth-order valence-corrected chi connectivity index (χ4v) is 3.03. The van der Waals surface area contributed by atoms with E-state index in [-0.39, 0.29) is 5.60 Å². The molecule has 4 rings (SSSR count). The summed E-state index contributed by atoms with van der Waals surface area (Å²) in [5.41, 5.74) is 2.47. The molecule has 3 nitrogen and oxygen atoms in total. The molecule has 22 heavy (non-hydrogen) atoms. The molecule has 2 aromatic carbocycles. The number of fused-ring (bicyclic) bond motifs is 6. The fraction of sp³-hybridized carbons (Fsp3) is 0.316. The molecule has 1 aromatic heterocycles. The van der Waals surface area contributed by atoms with E-state index in [1.165, 1.54) is 0 Å². The van der Waals surface area contributed by atoms with Crippen LogP contribution in [0.25, 0.3) is 27.9 Å². The summed E-state index contributed by atoms with van der Waals surface area (Å²) in [6.07, 6.45) is 6.06. The van der Waals surface area contributed by atoms with Gasteiger partial charge in [0.2, 0.25) is 0 Å². The van der Waals surface area contributed by atoms with Crippen LogP contribution >= 0.6 is 0 Å². The Morgan fingerprint density at radius 1 is 1.14 bits per heavy atom. The second kappa shape index (κ2) is 4.60. The highest BCUT2D eigenvalue weighted by Gasteiger charge is 2.27. The zero-order valence-electron chi connectivity index (χ0n) is 13.1. The van der Waals surface area contributed by atoms with Crippen molar-refractivity contribution in [3.63, 3.8) is 0 Å². The van der Waals surface area contributed by atoms with Crippen molar-refractivity contribution in [2.75, 3.05) is 0 Å². The minimum absolute atomic E-state index is 0.310. The van der Waals surface area contributed by atoms with E-state index in [4.69, 9.17) is 14.1 Å². The third kappa shape index (κ3) is 1.92. The SMILES string of the molecule is CCCc1nc2c(o1)c1c(c3ccccc32)OC(C)(C)C=C1. The first-order chi connectivity index (χ1) is 10.6. The molecule has 0 fully saturated rings. The highest BCUT2D eigenvalue weighted by Crippen LogP contribution is 2.43. The third-order valence-corrected chi connectivity index (χ3v) is 4.07. The zero-order chi connectivity index (χ0) is 15.3. The van der Waals surface area contributed by atoms with Crippen LogP contribution in [0, 0.1) is 0 Å². The average Bonchev–Trinajstić information content (AvgIpc) is 2.91. The van der Waals surface area contributed by atoms with Gasteiger partial charge in [-0.2, -0.15) is 0 Å². The van der Waals surface area contributed by atoms with Crippen LogP contribution in [0.4, 0.5) is 0 Å². The molecule has 0 spiro atoms. The second-order valence-electron chi connectivity index (χ2n) is 6.36. The van der Waals surface area contributed by atoms with Gasteiger partial charge in [0.15, 0.2) is 11.5 Å². The van der Waals surface area contributed by atoms with Gasteiger partial charge in [0.25, 0.3) is 0 Å². The molecule has 2 heterocycles. The van der Waals surface area contributed by atoms with Gasteiger partial charge in [0.1, 0.15) is 16.9 Å². The van der Waals surface area contributed by atoms with Crippen molar-refractivity contribution in [2.45, 2.75) is 39.2 Å². The highest BCUT2D eigenvalue weighted by atomic mass is 16.5. The van der Waals surface area contributed by atoms with Crippen LogP contribution in [-0.2, 0) is 6.42 Å². The van der Waals surface area contributed by atoms with Gasteiger partial charge >= 0.3 is 0 Å². The van der Waals surface area contributed by atoms with E-state index in [9.17, 15) is 0 Å². The highest BCUT2D eigenvalue weighted by molar-refractivity contribution is 6.11. The molecule has 0 aliphatic carbocycles. The van der Waals surface area contributed by atoms with Crippen molar-refractivity contribution in [1.29, 1.82) is 0 Å². The van der Waals surface area contributed by atoms with Crippen molar-refractivity contribution in [2.24, 2.45) is 0 Å². The molecule has 0 amide bonds. The Labute approximate surface area is 129 Å². The predicted octanol–water partition coefficient (Wildman–Crippen LogP) is 5.12. The Morgan fingerprint density at radius 3 is 2.68 bits per heavy atom. The van der Waals surface area contributed by atoms with Crippen LogP contribution in [0.3, 0.4) is 0 Å². The Kier molecular flexibility index (Phi) is 2.80. The molecule has 0 atom stereocenters. The summed E-state index contributed by atoms with van der Waals surface area (Å²) in [7, 11) is 0. The Hall–Kier alpha value is -2.29. The molecule has 0 saturated carbocycles. The van der Waals surface area contributed by atoms with Crippen molar-refractivity contribution >= 4 is 27.9 Å². The number of ether oxygens (including phenoxy) is 1. The molecule has 0 radical (unpaired) electrons. The maximum Gasteiger partial charge on any atom is 0.195 e. The fourth-order valence-electron chi connectivity index (χ4n) is 3.03. The largest absolute Gasteiger partial charge is 0.482 e. The molecule has 1 aliphatic rings. The summed E-state index contributed by atoms with van der Waals surface area (Å²) < 4.78 is 12.3. The first-order valence-corrected chi connectivity index (χ1v) is 7.81. The minimum Gasteiger partial charge on any atom is -0.482 e. The number of hydrogen-bond donors (Lipinski definition) is 0. The lowest BCUT2D eigenvalue weighted by molar-refractivity contribution is 0.161. The maximum atomic E-state index is 6.24. The average molecular weight is 293 g/mol. The standard InChI is InChI=1S/C19H19NO2/c1-4-7-15-20-16-12-8-5-6-9-13(12)17-14(18(16)21-15)10-11-19(2,3)22-17/h5-6,8-11H,4,7H2,1-3H3. The second-order valence-corrected chi connectivity index (χ2v) is 6.36. The molecule has 112 valence electrons. The van der Waals surface area contributed by atoms with Gasteiger partial charge in [-0.05, 0) is 32.4 Å². The zero-order valence-corrected chi connectivity index (χ0v) is 13.1. The Bertz CT molecular complexity index is 903. The van der Waals surface area contributed by atoms with Crippen LogP contribution in [0.2, 0.25) is 0 Å². The van der Waals surface area contributed by atoms with E-state index >= 15 is 0 Å². The molecule has 3 aromatic rings. The van der Waals surface area contributed by atoms with Gasteiger partial charge in [-0.1, -0.05) is 31.2 Å². The summed E-state index contributed by atoms with van der Waals surface area (Å²) >= 11 is 0. The molecule has 1 aliphatic heterocycles. The third-order valence-electron chi connectivity index (χ3n) is 4.07. The van der Waals surface area contributed by atoms with E-state index in [1.807, 2.05) is 12.1 Å². The molecule has 0 bridgehead atoms. The molecule has 0 saturated heterocycles. The van der Waals surface area contributed by atoms with Crippen molar-refractivity contribution in [3.8, 4) is 5.75 Å². The molecular formula is C19H19NO2.